The molecule has 3 heterocycles. The summed E-state index contributed by atoms with van der Waals surface area (Å²) in [4.78, 5) is 39.6. The number of ether oxygens (including phenoxy) is 2. The topological polar surface area (TPSA) is 134 Å². The zero-order chi connectivity index (χ0) is 31.4. The molecule has 1 N–H and O–H groups in total. The van der Waals surface area contributed by atoms with Gasteiger partial charge in [-0.05, 0) is 68.4 Å². The standard InChI is InChI=1S/C33H40N6O5/c1-6-7-13-27-26(20-22-15-17-23(18-16-22)24-11-8-9-12-25(24)29-34-36-37-35-29)30(40)39-28(14-10-19-38(27)39)31(41)43-21(2)44-32(42)33(3,4)5/h8-9,11-12,15-18,21,28H,6-7,10,13-14,19-20H2,1-5H3,(H,34,35,36,37). The van der Waals surface area contributed by atoms with Crippen LogP contribution in [0, 0.1) is 5.41 Å². The van der Waals surface area contributed by atoms with Gasteiger partial charge in [-0.2, -0.15) is 5.21 Å². The third-order valence-corrected chi connectivity index (χ3v) is 7.89. The lowest BCUT2D eigenvalue weighted by atomic mass is 9.96. The average molecular weight is 601 g/mol. The molecular formula is C33H40N6O5. The average Bonchev–Trinajstić information content (AvgIpc) is 3.63. The van der Waals surface area contributed by atoms with Gasteiger partial charge in [0.25, 0.3) is 5.56 Å². The highest BCUT2D eigenvalue weighted by molar-refractivity contribution is 5.80. The highest BCUT2D eigenvalue weighted by Crippen LogP contribution is 2.31. The molecule has 4 aromatic rings. The number of esters is 2. The minimum atomic E-state index is -1.06. The molecule has 11 nitrogen and oxygen atoms in total. The Bertz CT molecular complexity index is 1660. The molecule has 232 valence electrons. The maximum absolute atomic E-state index is 14.0. The van der Waals surface area contributed by atoms with Crippen molar-refractivity contribution in [3.8, 4) is 22.5 Å². The molecular weight excluding hydrogens is 560 g/mol. The number of nitrogens with one attached hydrogen (secondary N) is 1. The number of unbranched alkanes of at least 4 members (excludes halogenated alkanes) is 1. The van der Waals surface area contributed by atoms with E-state index in [1.807, 2.05) is 53.2 Å². The second-order valence-electron chi connectivity index (χ2n) is 12.3. The molecule has 0 spiro atoms. The van der Waals surface area contributed by atoms with E-state index in [-0.39, 0.29) is 5.56 Å². The SMILES string of the molecule is CCCCc1c(Cc2ccc(-c3ccccc3-c3nn[nH]n3)cc2)c(=O)n2n1CCCC2C(=O)OC(C)OC(=O)C(C)(C)C. The van der Waals surface area contributed by atoms with Gasteiger partial charge >= 0.3 is 11.9 Å². The number of rotatable bonds is 10. The molecule has 2 aromatic heterocycles. The van der Waals surface area contributed by atoms with Gasteiger partial charge in [-0.25, -0.2) is 9.48 Å². The lowest BCUT2D eigenvalue weighted by molar-refractivity contribution is -0.193. The minimum absolute atomic E-state index is 0.177. The van der Waals surface area contributed by atoms with Crippen molar-refractivity contribution >= 4 is 11.9 Å². The molecule has 0 aliphatic carbocycles. The van der Waals surface area contributed by atoms with Crippen LogP contribution in [0.4, 0.5) is 0 Å². The maximum Gasteiger partial charge on any atom is 0.334 e. The Balaban J connectivity index is 1.41. The van der Waals surface area contributed by atoms with Crippen LogP contribution in [0.3, 0.4) is 0 Å². The van der Waals surface area contributed by atoms with Crippen LogP contribution in [0.15, 0.2) is 53.3 Å². The summed E-state index contributed by atoms with van der Waals surface area (Å²) in [6, 6.07) is 15.2. The van der Waals surface area contributed by atoms with Gasteiger partial charge in [-0.1, -0.05) is 61.9 Å². The van der Waals surface area contributed by atoms with Crippen LogP contribution in [0.2, 0.25) is 0 Å². The molecule has 5 rings (SSSR count). The normalized spacial score (nSPS) is 15.4. The zero-order valence-electron chi connectivity index (χ0n) is 26.0. The van der Waals surface area contributed by atoms with Crippen LogP contribution in [0.1, 0.15) is 83.2 Å². The lowest BCUT2D eigenvalue weighted by Gasteiger charge is -2.28. The van der Waals surface area contributed by atoms with E-state index in [1.165, 1.54) is 6.92 Å². The van der Waals surface area contributed by atoms with E-state index in [9.17, 15) is 14.4 Å². The zero-order valence-corrected chi connectivity index (χ0v) is 26.0. The number of benzene rings is 2. The van der Waals surface area contributed by atoms with Gasteiger partial charge in [0, 0.05) is 36.7 Å². The second kappa shape index (κ2) is 13.0. The first-order chi connectivity index (χ1) is 21.1. The Labute approximate surface area is 256 Å². The molecule has 0 saturated carbocycles. The molecule has 2 aromatic carbocycles. The van der Waals surface area contributed by atoms with Gasteiger partial charge in [0.1, 0.15) is 0 Å². The molecule has 0 bridgehead atoms. The molecule has 2 atom stereocenters. The minimum Gasteiger partial charge on any atom is -0.425 e. The highest BCUT2D eigenvalue weighted by Gasteiger charge is 2.35. The number of H-pyrrole nitrogens is 1. The molecule has 44 heavy (non-hydrogen) atoms. The molecule has 0 radical (unpaired) electrons. The number of aromatic amines is 1. The van der Waals surface area contributed by atoms with Gasteiger partial charge in [0.2, 0.25) is 12.1 Å². The fourth-order valence-corrected chi connectivity index (χ4v) is 5.59. The summed E-state index contributed by atoms with van der Waals surface area (Å²) >= 11 is 0. The van der Waals surface area contributed by atoms with Crippen molar-refractivity contribution in [2.24, 2.45) is 5.41 Å². The van der Waals surface area contributed by atoms with Gasteiger partial charge in [-0.3, -0.25) is 14.3 Å². The fourth-order valence-electron chi connectivity index (χ4n) is 5.59. The number of carbonyl (C=O) groups excluding carboxylic acids is 2. The number of fused-ring (bicyclic) bond motifs is 1. The molecule has 0 fully saturated rings. The van der Waals surface area contributed by atoms with Crippen molar-refractivity contribution in [1.29, 1.82) is 0 Å². The first-order valence-electron chi connectivity index (χ1n) is 15.2. The Hall–Kier alpha value is -4.54. The fraction of sp³-hybridized carbons (Fsp3) is 0.455. The first kappa shape index (κ1) is 30.9. The van der Waals surface area contributed by atoms with Gasteiger partial charge in [0.15, 0.2) is 6.04 Å². The van der Waals surface area contributed by atoms with Crippen LogP contribution in [0.25, 0.3) is 22.5 Å². The summed E-state index contributed by atoms with van der Waals surface area (Å²) in [6.45, 7) is 9.50. The Morgan fingerprint density at radius 3 is 2.45 bits per heavy atom. The quantitative estimate of drug-likeness (QED) is 0.193. The molecule has 0 amide bonds. The first-order valence-corrected chi connectivity index (χ1v) is 15.2. The predicted octanol–water partition coefficient (Wildman–Crippen LogP) is 5.24. The van der Waals surface area contributed by atoms with E-state index in [0.29, 0.717) is 30.8 Å². The van der Waals surface area contributed by atoms with Gasteiger partial charge < -0.3 is 9.47 Å². The van der Waals surface area contributed by atoms with E-state index in [0.717, 1.165) is 53.6 Å². The largest absolute Gasteiger partial charge is 0.425 e. The number of hydrogen-bond acceptors (Lipinski definition) is 8. The van der Waals surface area contributed by atoms with Crippen molar-refractivity contribution in [1.82, 2.24) is 30.0 Å². The maximum atomic E-state index is 14.0. The van der Waals surface area contributed by atoms with Crippen molar-refractivity contribution in [3.05, 3.63) is 75.7 Å². The number of hydrogen-bond donors (Lipinski definition) is 1. The monoisotopic (exact) mass is 600 g/mol. The van der Waals surface area contributed by atoms with Crippen LogP contribution in [-0.4, -0.2) is 48.2 Å². The third kappa shape index (κ3) is 6.51. The predicted molar refractivity (Wildman–Crippen MR) is 165 cm³/mol. The van der Waals surface area contributed by atoms with Crippen LogP contribution in [0.5, 0.6) is 0 Å². The summed E-state index contributed by atoms with van der Waals surface area (Å²) in [5, 5.41) is 14.5. The van der Waals surface area contributed by atoms with Crippen LogP contribution < -0.4 is 5.56 Å². The number of aromatic nitrogens is 6. The van der Waals surface area contributed by atoms with E-state index in [2.05, 4.69) is 27.5 Å². The summed E-state index contributed by atoms with van der Waals surface area (Å²) in [7, 11) is 0. The highest BCUT2D eigenvalue weighted by atomic mass is 16.7. The van der Waals surface area contributed by atoms with Crippen molar-refractivity contribution < 1.29 is 19.1 Å². The van der Waals surface area contributed by atoms with E-state index >= 15 is 0 Å². The molecule has 1 aliphatic rings. The van der Waals surface area contributed by atoms with Crippen molar-refractivity contribution in [2.45, 2.75) is 92.0 Å². The molecule has 0 saturated heterocycles. The van der Waals surface area contributed by atoms with E-state index in [4.69, 9.17) is 9.47 Å². The van der Waals surface area contributed by atoms with Gasteiger partial charge in [0.05, 0.1) is 5.41 Å². The molecule has 1 aliphatic heterocycles. The van der Waals surface area contributed by atoms with E-state index < -0.39 is 29.7 Å². The molecule has 2 unspecified atom stereocenters. The smallest absolute Gasteiger partial charge is 0.334 e. The Morgan fingerprint density at radius 2 is 1.80 bits per heavy atom. The molecule has 11 heteroatoms. The number of nitrogens with zero attached hydrogens (tertiary/aromatic N) is 5. The number of carbonyl (C=O) groups is 2. The summed E-state index contributed by atoms with van der Waals surface area (Å²) < 4.78 is 14.4. The Kier molecular flexibility index (Phi) is 9.12. The lowest BCUT2D eigenvalue weighted by Crippen LogP contribution is -2.39. The van der Waals surface area contributed by atoms with Crippen LogP contribution in [-0.2, 0) is 38.4 Å². The summed E-state index contributed by atoms with van der Waals surface area (Å²) in [6.07, 6.45) is 3.25. The summed E-state index contributed by atoms with van der Waals surface area (Å²) in [5.74, 6) is -0.513. The van der Waals surface area contributed by atoms with E-state index in [1.54, 1.807) is 25.5 Å². The van der Waals surface area contributed by atoms with Crippen molar-refractivity contribution in [2.75, 3.05) is 0 Å². The second-order valence-corrected chi connectivity index (χ2v) is 12.3. The Morgan fingerprint density at radius 1 is 1.07 bits per heavy atom. The summed E-state index contributed by atoms with van der Waals surface area (Å²) in [5.41, 5.74) is 4.60. The third-order valence-electron chi connectivity index (χ3n) is 7.89. The van der Waals surface area contributed by atoms with Crippen LogP contribution >= 0.6 is 0 Å². The number of tetrazole rings is 1. The van der Waals surface area contributed by atoms with Gasteiger partial charge in [-0.15, -0.1) is 10.2 Å². The van der Waals surface area contributed by atoms with Crippen molar-refractivity contribution in [3.63, 3.8) is 0 Å².